The van der Waals surface area contributed by atoms with Crippen LogP contribution in [0.4, 0.5) is 0 Å². The summed E-state index contributed by atoms with van der Waals surface area (Å²) in [5.41, 5.74) is 4.74. The molecule has 0 saturated carbocycles. The molecule has 0 bridgehead atoms. The molecule has 0 aromatic heterocycles. The molecular weight excluding hydrogens is 266 g/mol. The summed E-state index contributed by atoms with van der Waals surface area (Å²) < 4.78 is 0. The standard InChI is InChI=1S/C21H27N/c1-21(18-11-5-4-6-12-18)16-17(10-9-15-22(2)3)19-13-7-8-14-20(19)21/h4-8,11-14,17H,9-10,15-16H2,1-3H3/t17-,21+/m1/s1. The van der Waals surface area contributed by atoms with Gasteiger partial charge in [0.25, 0.3) is 0 Å². The maximum atomic E-state index is 2.42. The van der Waals surface area contributed by atoms with Crippen molar-refractivity contribution in [2.75, 3.05) is 20.6 Å². The highest BCUT2D eigenvalue weighted by molar-refractivity contribution is 5.49. The molecule has 2 atom stereocenters. The van der Waals surface area contributed by atoms with Gasteiger partial charge in [0.1, 0.15) is 0 Å². The van der Waals surface area contributed by atoms with Crippen LogP contribution in [0.25, 0.3) is 0 Å². The normalized spacial score (nSPS) is 23.7. The zero-order chi connectivity index (χ0) is 15.6. The maximum absolute atomic E-state index is 2.42. The van der Waals surface area contributed by atoms with Crippen LogP contribution in [0.3, 0.4) is 0 Å². The van der Waals surface area contributed by atoms with Crippen molar-refractivity contribution in [3.63, 3.8) is 0 Å². The molecule has 3 rings (SSSR count). The number of rotatable bonds is 5. The van der Waals surface area contributed by atoms with Gasteiger partial charge in [0, 0.05) is 5.41 Å². The molecule has 0 heterocycles. The summed E-state index contributed by atoms with van der Waals surface area (Å²) in [7, 11) is 4.33. The fraction of sp³-hybridized carbons (Fsp3) is 0.429. The van der Waals surface area contributed by atoms with Crippen LogP contribution in [0.1, 0.15) is 48.8 Å². The van der Waals surface area contributed by atoms with Crippen molar-refractivity contribution in [2.24, 2.45) is 0 Å². The Morgan fingerprint density at radius 3 is 2.41 bits per heavy atom. The first-order chi connectivity index (χ1) is 10.6. The van der Waals surface area contributed by atoms with Gasteiger partial charge in [-0.2, -0.15) is 0 Å². The minimum atomic E-state index is 0.167. The molecule has 2 aromatic rings. The van der Waals surface area contributed by atoms with Gasteiger partial charge in [0.05, 0.1) is 0 Å². The number of benzene rings is 2. The molecule has 1 heteroatoms. The molecule has 0 fully saturated rings. The van der Waals surface area contributed by atoms with Gasteiger partial charge in [0.15, 0.2) is 0 Å². The first-order valence-corrected chi connectivity index (χ1v) is 8.41. The molecule has 2 aromatic carbocycles. The Bertz CT molecular complexity index is 617. The lowest BCUT2D eigenvalue weighted by atomic mass is 9.77. The molecule has 22 heavy (non-hydrogen) atoms. The molecule has 0 aliphatic heterocycles. The Morgan fingerprint density at radius 1 is 1.00 bits per heavy atom. The van der Waals surface area contributed by atoms with Crippen LogP contribution in [0.5, 0.6) is 0 Å². The SMILES string of the molecule is CN(C)CCC[C@@H]1C[C@@](C)(c2ccccc2)c2ccccc21. The summed E-state index contributed by atoms with van der Waals surface area (Å²) in [6, 6.07) is 20.1. The van der Waals surface area contributed by atoms with Gasteiger partial charge in [-0.1, -0.05) is 61.5 Å². The third-order valence-electron chi connectivity index (χ3n) is 5.22. The largest absolute Gasteiger partial charge is 0.309 e. The van der Waals surface area contributed by atoms with Gasteiger partial charge in [0.2, 0.25) is 0 Å². The highest BCUT2D eigenvalue weighted by Crippen LogP contribution is 2.51. The van der Waals surface area contributed by atoms with E-state index in [-0.39, 0.29) is 5.41 Å². The Hall–Kier alpha value is -1.60. The Labute approximate surface area is 135 Å². The lowest BCUT2D eigenvalue weighted by Crippen LogP contribution is -2.20. The smallest absolute Gasteiger partial charge is 0.0183 e. The predicted molar refractivity (Wildman–Crippen MR) is 94.5 cm³/mol. The number of nitrogens with zero attached hydrogens (tertiary/aromatic N) is 1. The summed E-state index contributed by atoms with van der Waals surface area (Å²) in [6.45, 7) is 3.60. The van der Waals surface area contributed by atoms with E-state index in [9.17, 15) is 0 Å². The topological polar surface area (TPSA) is 3.24 Å². The summed E-state index contributed by atoms with van der Waals surface area (Å²) in [5.74, 6) is 0.696. The monoisotopic (exact) mass is 293 g/mol. The van der Waals surface area contributed by atoms with Crippen molar-refractivity contribution in [1.29, 1.82) is 0 Å². The average Bonchev–Trinajstić information content (AvgIpc) is 2.83. The second kappa shape index (κ2) is 6.26. The van der Waals surface area contributed by atoms with E-state index in [0.29, 0.717) is 5.92 Å². The molecule has 1 aliphatic carbocycles. The third kappa shape index (κ3) is 2.83. The Balaban J connectivity index is 1.89. The van der Waals surface area contributed by atoms with E-state index in [1.165, 1.54) is 36.9 Å². The van der Waals surface area contributed by atoms with Crippen molar-refractivity contribution in [3.05, 3.63) is 71.3 Å². The molecular formula is C21H27N. The lowest BCUT2D eigenvalue weighted by molar-refractivity contribution is 0.377. The van der Waals surface area contributed by atoms with E-state index in [1.807, 2.05) is 0 Å². The third-order valence-corrected chi connectivity index (χ3v) is 5.22. The number of hydrogen-bond donors (Lipinski definition) is 0. The fourth-order valence-electron chi connectivity index (χ4n) is 4.06. The van der Waals surface area contributed by atoms with Gasteiger partial charge >= 0.3 is 0 Å². The van der Waals surface area contributed by atoms with E-state index in [1.54, 1.807) is 5.56 Å². The number of hydrogen-bond acceptors (Lipinski definition) is 1. The van der Waals surface area contributed by atoms with Gasteiger partial charge < -0.3 is 4.90 Å². The maximum Gasteiger partial charge on any atom is 0.0183 e. The molecule has 0 N–H and O–H groups in total. The van der Waals surface area contributed by atoms with Crippen molar-refractivity contribution in [1.82, 2.24) is 4.90 Å². The molecule has 0 spiro atoms. The van der Waals surface area contributed by atoms with Gasteiger partial charge in [-0.3, -0.25) is 0 Å². The van der Waals surface area contributed by atoms with E-state index in [0.717, 1.165) is 0 Å². The van der Waals surface area contributed by atoms with Crippen LogP contribution in [0, 0.1) is 0 Å². The first-order valence-electron chi connectivity index (χ1n) is 8.41. The van der Waals surface area contributed by atoms with Crippen LogP contribution in [0.2, 0.25) is 0 Å². The molecule has 1 nitrogen and oxygen atoms in total. The van der Waals surface area contributed by atoms with Crippen LogP contribution in [0.15, 0.2) is 54.6 Å². The average molecular weight is 293 g/mol. The first kappa shape index (κ1) is 15.3. The van der Waals surface area contributed by atoms with Crippen molar-refractivity contribution < 1.29 is 0 Å². The second-order valence-corrected chi connectivity index (χ2v) is 7.13. The predicted octanol–water partition coefficient (Wildman–Crippen LogP) is 4.82. The minimum Gasteiger partial charge on any atom is -0.309 e. The molecule has 0 radical (unpaired) electrons. The zero-order valence-corrected chi connectivity index (χ0v) is 14.0. The quantitative estimate of drug-likeness (QED) is 0.764. The van der Waals surface area contributed by atoms with Crippen LogP contribution in [-0.4, -0.2) is 25.5 Å². The van der Waals surface area contributed by atoms with E-state index >= 15 is 0 Å². The highest BCUT2D eigenvalue weighted by atomic mass is 15.0. The van der Waals surface area contributed by atoms with Crippen molar-refractivity contribution >= 4 is 0 Å². The van der Waals surface area contributed by atoms with Gasteiger partial charge in [-0.05, 0) is 62.5 Å². The van der Waals surface area contributed by atoms with Crippen LogP contribution < -0.4 is 0 Å². The summed E-state index contributed by atoms with van der Waals surface area (Å²) in [4.78, 5) is 2.29. The van der Waals surface area contributed by atoms with E-state index in [4.69, 9.17) is 0 Å². The van der Waals surface area contributed by atoms with Crippen molar-refractivity contribution in [2.45, 2.75) is 37.5 Å². The summed E-state index contributed by atoms with van der Waals surface area (Å²) in [6.07, 6.45) is 3.80. The van der Waals surface area contributed by atoms with E-state index in [2.05, 4.69) is 80.5 Å². The molecule has 0 amide bonds. The van der Waals surface area contributed by atoms with Gasteiger partial charge in [-0.15, -0.1) is 0 Å². The van der Waals surface area contributed by atoms with E-state index < -0.39 is 0 Å². The van der Waals surface area contributed by atoms with Gasteiger partial charge in [-0.25, -0.2) is 0 Å². The minimum absolute atomic E-state index is 0.167. The Kier molecular flexibility index (Phi) is 4.35. The van der Waals surface area contributed by atoms with Crippen LogP contribution >= 0.6 is 0 Å². The lowest BCUT2D eigenvalue weighted by Gasteiger charge is -2.27. The molecule has 116 valence electrons. The number of fused-ring (bicyclic) bond motifs is 1. The van der Waals surface area contributed by atoms with Crippen LogP contribution in [-0.2, 0) is 5.41 Å². The summed E-state index contributed by atoms with van der Waals surface area (Å²) >= 11 is 0. The Morgan fingerprint density at radius 2 is 1.68 bits per heavy atom. The second-order valence-electron chi connectivity index (χ2n) is 7.13. The highest BCUT2D eigenvalue weighted by Gasteiger charge is 2.40. The zero-order valence-electron chi connectivity index (χ0n) is 14.0. The summed E-state index contributed by atoms with van der Waals surface area (Å²) in [5, 5.41) is 0. The van der Waals surface area contributed by atoms with Crippen molar-refractivity contribution in [3.8, 4) is 0 Å². The molecule has 1 aliphatic rings. The molecule has 0 saturated heterocycles. The fourth-order valence-corrected chi connectivity index (χ4v) is 4.06. The molecule has 0 unspecified atom stereocenters.